The Bertz CT molecular complexity index is 440. The van der Waals surface area contributed by atoms with Crippen LogP contribution in [-0.2, 0) is 24.0 Å². The number of hydrogen-bond acceptors (Lipinski definition) is 8. The summed E-state index contributed by atoms with van der Waals surface area (Å²) in [5.74, 6) is -1.52. The number of amides is 3. The van der Waals surface area contributed by atoms with Gasteiger partial charge in [0.25, 0.3) is 11.8 Å². The summed E-state index contributed by atoms with van der Waals surface area (Å²) >= 11 is 0. The Morgan fingerprint density at radius 2 is 1.28 bits per heavy atom. The van der Waals surface area contributed by atoms with E-state index in [1.54, 1.807) is 0 Å². The Hall–Kier alpha value is -2.04. The third-order valence-electron chi connectivity index (χ3n) is 3.39. The molecule has 0 saturated carbocycles. The SMILES string of the molecule is C.CC(=O)NCCCCCN.CC(=O)ON1C(=O)CCC1=O.NCCCCCN. The first-order valence-electron chi connectivity index (χ1n) is 9.69. The number of carbonyl (C=O) groups is 4. The molecule has 1 aliphatic rings. The molecule has 0 radical (unpaired) electrons. The molecule has 0 aromatic heterocycles. The van der Waals surface area contributed by atoms with Crippen LogP contribution in [0.1, 0.15) is 72.6 Å². The molecule has 1 fully saturated rings. The van der Waals surface area contributed by atoms with Gasteiger partial charge in [-0.15, -0.1) is 5.06 Å². The van der Waals surface area contributed by atoms with Crippen LogP contribution in [0.25, 0.3) is 0 Å². The number of carbonyl (C=O) groups excluding carboxylic acids is 4. The minimum atomic E-state index is -0.659. The number of rotatable bonds is 10. The van der Waals surface area contributed by atoms with Crippen molar-refractivity contribution in [1.29, 1.82) is 0 Å². The van der Waals surface area contributed by atoms with Crippen molar-refractivity contribution >= 4 is 23.7 Å². The number of imide groups is 1. The van der Waals surface area contributed by atoms with Crippen LogP contribution >= 0.6 is 0 Å². The minimum absolute atomic E-state index is 0. The van der Waals surface area contributed by atoms with E-state index in [1.165, 1.54) is 13.3 Å². The molecule has 0 aliphatic carbocycles. The molecular formula is C19H41N5O5. The van der Waals surface area contributed by atoms with E-state index < -0.39 is 17.8 Å². The second kappa shape index (κ2) is 22.3. The molecule has 10 nitrogen and oxygen atoms in total. The summed E-state index contributed by atoms with van der Waals surface area (Å²) < 4.78 is 0. The predicted octanol–water partition coefficient (Wildman–Crippen LogP) is 0.575. The molecule has 3 amide bonds. The van der Waals surface area contributed by atoms with Gasteiger partial charge in [-0.05, 0) is 45.3 Å². The largest absolute Gasteiger partial charge is 0.356 e. The van der Waals surface area contributed by atoms with E-state index >= 15 is 0 Å². The lowest BCUT2D eigenvalue weighted by Gasteiger charge is -2.09. The molecule has 29 heavy (non-hydrogen) atoms. The van der Waals surface area contributed by atoms with Gasteiger partial charge < -0.3 is 27.4 Å². The fourth-order valence-corrected chi connectivity index (χ4v) is 1.96. The van der Waals surface area contributed by atoms with Gasteiger partial charge in [0, 0.05) is 33.2 Å². The molecule has 7 N–H and O–H groups in total. The molecule has 1 aliphatic heterocycles. The highest BCUT2D eigenvalue weighted by Gasteiger charge is 2.31. The number of unbranched alkanes of at least 4 members (excludes halogenated alkanes) is 4. The monoisotopic (exact) mass is 419 g/mol. The summed E-state index contributed by atoms with van der Waals surface area (Å²) in [5, 5.41) is 3.24. The fraction of sp³-hybridized carbons (Fsp3) is 0.789. The van der Waals surface area contributed by atoms with Crippen LogP contribution in [-0.4, -0.2) is 54.9 Å². The van der Waals surface area contributed by atoms with Gasteiger partial charge in [0.05, 0.1) is 0 Å². The summed E-state index contributed by atoms with van der Waals surface area (Å²) in [6, 6.07) is 0. The Labute approximate surface area is 174 Å². The van der Waals surface area contributed by atoms with Crippen LogP contribution in [0, 0.1) is 0 Å². The standard InChI is InChI=1S/C7H16N2O.C6H7NO4.C5H14N2.CH4/c1-7(10)9-6-4-2-3-5-8;1-4(8)11-7-5(9)2-3-6(7)10;6-4-2-1-3-5-7;/h2-6,8H2,1H3,(H,9,10);2-3H2,1H3;1-7H2;1H4. The summed E-state index contributed by atoms with van der Waals surface area (Å²) in [4.78, 5) is 46.5. The van der Waals surface area contributed by atoms with Crippen LogP contribution in [0.4, 0.5) is 0 Å². The maximum atomic E-state index is 10.7. The van der Waals surface area contributed by atoms with E-state index in [9.17, 15) is 19.2 Å². The highest BCUT2D eigenvalue weighted by atomic mass is 16.7. The first kappa shape index (κ1) is 31.6. The van der Waals surface area contributed by atoms with Crippen molar-refractivity contribution in [3.8, 4) is 0 Å². The van der Waals surface area contributed by atoms with Crippen molar-refractivity contribution < 1.29 is 24.0 Å². The van der Waals surface area contributed by atoms with E-state index in [0.29, 0.717) is 5.06 Å². The highest BCUT2D eigenvalue weighted by Crippen LogP contribution is 2.11. The van der Waals surface area contributed by atoms with Gasteiger partial charge in [0.1, 0.15) is 0 Å². The lowest BCUT2D eigenvalue weighted by Crippen LogP contribution is -2.30. The van der Waals surface area contributed by atoms with Crippen molar-refractivity contribution in [3.05, 3.63) is 0 Å². The maximum absolute atomic E-state index is 10.7. The molecule has 0 aromatic rings. The first-order valence-corrected chi connectivity index (χ1v) is 9.69. The van der Waals surface area contributed by atoms with Crippen LogP contribution in [0.2, 0.25) is 0 Å². The Balaban J connectivity index is -0.000000353. The van der Waals surface area contributed by atoms with Crippen molar-refractivity contribution in [2.24, 2.45) is 17.2 Å². The molecule has 0 aromatic carbocycles. The number of nitrogens with one attached hydrogen (secondary N) is 1. The minimum Gasteiger partial charge on any atom is -0.356 e. The lowest BCUT2D eigenvalue weighted by atomic mass is 10.2. The molecule has 0 unspecified atom stereocenters. The molecule has 0 bridgehead atoms. The molecule has 1 saturated heterocycles. The van der Waals surface area contributed by atoms with Crippen molar-refractivity contribution in [2.75, 3.05) is 26.2 Å². The third-order valence-corrected chi connectivity index (χ3v) is 3.39. The number of hydroxylamine groups is 2. The predicted molar refractivity (Wildman–Crippen MR) is 113 cm³/mol. The van der Waals surface area contributed by atoms with Crippen LogP contribution in [0.15, 0.2) is 0 Å². The third kappa shape index (κ3) is 22.1. The van der Waals surface area contributed by atoms with Gasteiger partial charge in [0.15, 0.2) is 0 Å². The second-order valence-electron chi connectivity index (χ2n) is 6.14. The molecule has 172 valence electrons. The number of hydrogen-bond donors (Lipinski definition) is 4. The molecule has 1 heterocycles. The summed E-state index contributed by atoms with van der Waals surface area (Å²) in [6.45, 7) is 5.82. The van der Waals surface area contributed by atoms with E-state index in [4.69, 9.17) is 17.2 Å². The zero-order valence-corrected chi connectivity index (χ0v) is 17.2. The van der Waals surface area contributed by atoms with Crippen LogP contribution in [0.5, 0.6) is 0 Å². The number of nitrogens with zero attached hydrogens (tertiary/aromatic N) is 1. The van der Waals surface area contributed by atoms with Gasteiger partial charge >= 0.3 is 5.97 Å². The van der Waals surface area contributed by atoms with Gasteiger partial charge in [-0.3, -0.25) is 14.4 Å². The first-order chi connectivity index (χ1) is 13.3. The maximum Gasteiger partial charge on any atom is 0.330 e. The van der Waals surface area contributed by atoms with Gasteiger partial charge in [-0.25, -0.2) is 4.79 Å². The summed E-state index contributed by atoms with van der Waals surface area (Å²) in [7, 11) is 0. The van der Waals surface area contributed by atoms with E-state index in [1.807, 2.05) is 0 Å². The summed E-state index contributed by atoms with van der Waals surface area (Å²) in [6.07, 6.45) is 6.90. The smallest absolute Gasteiger partial charge is 0.330 e. The molecule has 0 atom stereocenters. The molecular weight excluding hydrogens is 378 g/mol. The molecule has 1 rings (SSSR count). The Morgan fingerprint density at radius 1 is 0.862 bits per heavy atom. The van der Waals surface area contributed by atoms with Gasteiger partial charge in [-0.2, -0.15) is 0 Å². The lowest BCUT2D eigenvalue weighted by molar-refractivity contribution is -0.195. The zero-order chi connectivity index (χ0) is 21.8. The van der Waals surface area contributed by atoms with Crippen LogP contribution in [0.3, 0.4) is 0 Å². The van der Waals surface area contributed by atoms with Crippen molar-refractivity contribution in [2.45, 2.75) is 72.6 Å². The van der Waals surface area contributed by atoms with Gasteiger partial charge in [0.2, 0.25) is 5.91 Å². The normalized spacial score (nSPS) is 12.1. The van der Waals surface area contributed by atoms with E-state index in [-0.39, 0.29) is 26.2 Å². The van der Waals surface area contributed by atoms with Crippen molar-refractivity contribution in [1.82, 2.24) is 10.4 Å². The van der Waals surface area contributed by atoms with E-state index in [0.717, 1.165) is 65.2 Å². The van der Waals surface area contributed by atoms with E-state index in [2.05, 4.69) is 10.2 Å². The van der Waals surface area contributed by atoms with Crippen LogP contribution < -0.4 is 22.5 Å². The molecule has 10 heteroatoms. The number of nitrogens with two attached hydrogens (primary N) is 3. The average molecular weight is 420 g/mol. The fourth-order valence-electron chi connectivity index (χ4n) is 1.96. The summed E-state index contributed by atoms with van der Waals surface area (Å²) in [5.41, 5.74) is 15.7. The Kier molecular flexibility index (Phi) is 24.3. The molecule has 0 spiro atoms. The quantitative estimate of drug-likeness (QED) is 0.294. The van der Waals surface area contributed by atoms with Crippen molar-refractivity contribution in [3.63, 3.8) is 0 Å². The average Bonchev–Trinajstić information content (AvgIpc) is 2.94. The van der Waals surface area contributed by atoms with Gasteiger partial charge in [-0.1, -0.05) is 20.3 Å². The highest BCUT2D eigenvalue weighted by molar-refractivity contribution is 6.01. The zero-order valence-electron chi connectivity index (χ0n) is 17.2. The topological polar surface area (TPSA) is 171 Å². The second-order valence-corrected chi connectivity index (χ2v) is 6.14. The Morgan fingerprint density at radius 3 is 1.62 bits per heavy atom.